The zero-order valence-corrected chi connectivity index (χ0v) is 18.3. The lowest BCUT2D eigenvalue weighted by molar-refractivity contribution is -0.0191. The average molecular weight is 465 g/mol. The number of ether oxygens (including phenoxy) is 3. The molecule has 0 amide bonds. The van der Waals surface area contributed by atoms with E-state index in [1.54, 1.807) is 14.2 Å². The third kappa shape index (κ3) is 3.21. The Morgan fingerprint density at radius 1 is 0.967 bits per heavy atom. The monoisotopic (exact) mass is 464 g/mol. The van der Waals surface area contributed by atoms with E-state index in [9.17, 15) is 0 Å². The normalized spacial score (nSPS) is 19.4. The molecule has 5 rings (SSSR count). The molecular formula is C24H21BrN2O3. The molecule has 3 aromatic rings. The van der Waals surface area contributed by atoms with Gasteiger partial charge in [0.05, 0.1) is 26.0 Å². The molecule has 0 spiro atoms. The van der Waals surface area contributed by atoms with Gasteiger partial charge in [0.15, 0.2) is 11.5 Å². The van der Waals surface area contributed by atoms with Crippen LogP contribution < -0.4 is 14.2 Å². The lowest BCUT2D eigenvalue weighted by Gasteiger charge is -2.38. The van der Waals surface area contributed by atoms with Crippen molar-refractivity contribution in [3.8, 4) is 17.2 Å². The summed E-state index contributed by atoms with van der Waals surface area (Å²) in [4.78, 5) is 0. The van der Waals surface area contributed by atoms with Crippen molar-refractivity contribution >= 4 is 21.6 Å². The molecule has 152 valence electrons. The molecule has 2 heterocycles. The predicted octanol–water partition coefficient (Wildman–Crippen LogP) is 5.71. The number of halogens is 1. The van der Waals surface area contributed by atoms with Gasteiger partial charge in [-0.15, -0.1) is 0 Å². The average Bonchev–Trinajstić information content (AvgIpc) is 3.24. The highest BCUT2D eigenvalue weighted by Crippen LogP contribution is 2.48. The molecule has 0 aromatic heterocycles. The smallest absolute Gasteiger partial charge is 0.214 e. The molecule has 0 fully saturated rings. The first-order valence-electron chi connectivity index (χ1n) is 9.77. The first-order chi connectivity index (χ1) is 14.7. The Bertz CT molecular complexity index is 1130. The molecule has 0 bridgehead atoms. The molecule has 0 unspecified atom stereocenters. The van der Waals surface area contributed by atoms with E-state index >= 15 is 0 Å². The Morgan fingerprint density at radius 3 is 2.60 bits per heavy atom. The Balaban J connectivity index is 1.59. The first kappa shape index (κ1) is 19.0. The largest absolute Gasteiger partial charge is 0.493 e. The van der Waals surface area contributed by atoms with Crippen LogP contribution >= 0.6 is 15.9 Å². The van der Waals surface area contributed by atoms with Crippen molar-refractivity contribution in [3.63, 3.8) is 0 Å². The molecule has 30 heavy (non-hydrogen) atoms. The quantitative estimate of drug-likeness (QED) is 0.495. The van der Waals surface area contributed by atoms with Gasteiger partial charge >= 0.3 is 0 Å². The molecule has 2 aliphatic heterocycles. The fourth-order valence-corrected chi connectivity index (χ4v) is 4.50. The summed E-state index contributed by atoms with van der Waals surface area (Å²) in [6, 6.07) is 22.4. The first-order valence-corrected chi connectivity index (χ1v) is 10.6. The third-order valence-corrected chi connectivity index (χ3v) is 6.04. The number of benzene rings is 3. The summed E-state index contributed by atoms with van der Waals surface area (Å²) in [7, 11) is 3.27. The van der Waals surface area contributed by atoms with Gasteiger partial charge in [-0.1, -0.05) is 46.3 Å². The van der Waals surface area contributed by atoms with Crippen LogP contribution in [0.5, 0.6) is 17.2 Å². The van der Waals surface area contributed by atoms with E-state index < -0.39 is 0 Å². The number of nitrogens with zero attached hydrogens (tertiary/aromatic N) is 2. The number of hydrazone groups is 1. The van der Waals surface area contributed by atoms with E-state index in [0.29, 0.717) is 11.5 Å². The second-order valence-electron chi connectivity index (χ2n) is 7.28. The highest BCUT2D eigenvalue weighted by atomic mass is 79.9. The van der Waals surface area contributed by atoms with Crippen molar-refractivity contribution in [2.45, 2.75) is 18.7 Å². The minimum atomic E-state index is -0.352. The van der Waals surface area contributed by atoms with Crippen LogP contribution in [-0.4, -0.2) is 24.9 Å². The number of hydrogen-bond donors (Lipinski definition) is 0. The molecule has 0 radical (unpaired) electrons. The van der Waals surface area contributed by atoms with Crippen LogP contribution in [0.4, 0.5) is 0 Å². The predicted molar refractivity (Wildman–Crippen MR) is 119 cm³/mol. The third-order valence-electron chi connectivity index (χ3n) is 5.55. The van der Waals surface area contributed by atoms with Gasteiger partial charge in [-0.3, -0.25) is 0 Å². The van der Waals surface area contributed by atoms with Crippen molar-refractivity contribution in [2.24, 2.45) is 5.10 Å². The summed E-state index contributed by atoms with van der Waals surface area (Å²) in [6.45, 7) is 0. The summed E-state index contributed by atoms with van der Waals surface area (Å²) in [5.41, 5.74) is 4.28. The minimum absolute atomic E-state index is 0.113. The molecule has 0 N–H and O–H groups in total. The maximum Gasteiger partial charge on any atom is 0.214 e. The maximum absolute atomic E-state index is 6.43. The van der Waals surface area contributed by atoms with Crippen LogP contribution in [0.25, 0.3) is 0 Å². The molecule has 2 atom stereocenters. The zero-order valence-electron chi connectivity index (χ0n) is 16.7. The molecule has 0 saturated heterocycles. The summed E-state index contributed by atoms with van der Waals surface area (Å²) in [5, 5.41) is 7.08. The van der Waals surface area contributed by atoms with E-state index in [1.807, 2.05) is 48.5 Å². The number of rotatable bonds is 4. The van der Waals surface area contributed by atoms with Crippen LogP contribution in [0.3, 0.4) is 0 Å². The minimum Gasteiger partial charge on any atom is -0.493 e. The zero-order chi connectivity index (χ0) is 20.7. The lowest BCUT2D eigenvalue weighted by atomic mass is 9.96. The molecule has 0 aliphatic carbocycles. The lowest BCUT2D eigenvalue weighted by Crippen LogP contribution is -2.33. The fourth-order valence-electron chi connectivity index (χ4n) is 4.10. The summed E-state index contributed by atoms with van der Waals surface area (Å²) in [6.07, 6.45) is 0.468. The second kappa shape index (κ2) is 7.69. The molecule has 5 nitrogen and oxygen atoms in total. The van der Waals surface area contributed by atoms with Gasteiger partial charge in [0.1, 0.15) is 5.75 Å². The van der Waals surface area contributed by atoms with Gasteiger partial charge in [0.25, 0.3) is 0 Å². The van der Waals surface area contributed by atoms with E-state index in [4.69, 9.17) is 19.3 Å². The van der Waals surface area contributed by atoms with Gasteiger partial charge in [0, 0.05) is 22.0 Å². The topological polar surface area (TPSA) is 43.3 Å². The van der Waals surface area contributed by atoms with Crippen molar-refractivity contribution in [2.75, 3.05) is 14.2 Å². The summed E-state index contributed by atoms with van der Waals surface area (Å²) < 4.78 is 18.4. The van der Waals surface area contributed by atoms with Gasteiger partial charge in [-0.25, -0.2) is 5.01 Å². The SMILES string of the molecule is COc1ccc([C@H]2Oc3ccccc3[C@H]3CC(c4cccc(Br)c4)=NN32)cc1OC. The fraction of sp³-hybridized carbons (Fsp3) is 0.208. The second-order valence-corrected chi connectivity index (χ2v) is 8.20. The van der Waals surface area contributed by atoms with Crippen LogP contribution in [0.15, 0.2) is 76.3 Å². The Kier molecular flexibility index (Phi) is 4.87. The van der Waals surface area contributed by atoms with Crippen LogP contribution in [-0.2, 0) is 0 Å². The number of fused-ring (bicyclic) bond motifs is 3. The number of methoxy groups -OCH3 is 2. The van der Waals surface area contributed by atoms with E-state index in [2.05, 4.69) is 39.1 Å². The summed E-state index contributed by atoms with van der Waals surface area (Å²) in [5.74, 6) is 2.25. The molecular weight excluding hydrogens is 444 g/mol. The number of hydrogen-bond acceptors (Lipinski definition) is 5. The highest BCUT2D eigenvalue weighted by Gasteiger charge is 2.41. The maximum atomic E-state index is 6.43. The Hall–Kier alpha value is -2.99. The van der Waals surface area contributed by atoms with Gasteiger partial charge in [-0.05, 0) is 42.0 Å². The Labute approximate surface area is 184 Å². The van der Waals surface area contributed by atoms with Crippen LogP contribution in [0.2, 0.25) is 0 Å². The number of para-hydroxylation sites is 1. The van der Waals surface area contributed by atoms with Gasteiger partial charge in [0.2, 0.25) is 6.23 Å². The Morgan fingerprint density at radius 2 is 1.80 bits per heavy atom. The standard InChI is InChI=1S/C24H21BrN2O3/c1-28-22-11-10-16(13-23(22)29-2)24-27-20(18-8-3-4-9-21(18)30-24)14-19(26-27)15-6-5-7-17(25)12-15/h3-13,20,24H,14H2,1-2H3/t20-,24-/m1/s1. The van der Waals surface area contributed by atoms with Crippen molar-refractivity contribution in [1.82, 2.24) is 5.01 Å². The molecule has 2 aliphatic rings. The highest BCUT2D eigenvalue weighted by molar-refractivity contribution is 9.10. The van der Waals surface area contributed by atoms with Crippen molar-refractivity contribution < 1.29 is 14.2 Å². The molecule has 6 heteroatoms. The summed E-state index contributed by atoms with van der Waals surface area (Å²) >= 11 is 3.57. The van der Waals surface area contributed by atoms with E-state index in [1.165, 1.54) is 0 Å². The van der Waals surface area contributed by atoms with E-state index in [0.717, 1.165) is 39.0 Å². The van der Waals surface area contributed by atoms with Crippen molar-refractivity contribution in [1.29, 1.82) is 0 Å². The van der Waals surface area contributed by atoms with Crippen molar-refractivity contribution in [3.05, 3.63) is 87.9 Å². The van der Waals surface area contributed by atoms with Crippen LogP contribution in [0.1, 0.15) is 35.4 Å². The van der Waals surface area contributed by atoms with Gasteiger partial charge in [-0.2, -0.15) is 5.10 Å². The molecule has 0 saturated carbocycles. The molecule has 3 aromatic carbocycles. The van der Waals surface area contributed by atoms with Crippen LogP contribution in [0, 0.1) is 0 Å². The van der Waals surface area contributed by atoms with Gasteiger partial charge < -0.3 is 14.2 Å². The van der Waals surface area contributed by atoms with E-state index in [-0.39, 0.29) is 12.3 Å².